The van der Waals surface area contributed by atoms with E-state index >= 15 is 0 Å². The zero-order valence-corrected chi connectivity index (χ0v) is 11.6. The lowest BCUT2D eigenvalue weighted by Crippen LogP contribution is -2.08. The predicted molar refractivity (Wildman–Crippen MR) is 71.9 cm³/mol. The Morgan fingerprint density at radius 2 is 2.00 bits per heavy atom. The predicted octanol–water partition coefficient (Wildman–Crippen LogP) is 3.87. The van der Waals surface area contributed by atoms with Crippen LogP contribution in [0.5, 0.6) is 0 Å². The smallest absolute Gasteiger partial charge is 0.150 e. The highest BCUT2D eigenvalue weighted by molar-refractivity contribution is 9.10. The van der Waals surface area contributed by atoms with Gasteiger partial charge in [0.15, 0.2) is 0 Å². The molecule has 3 rings (SSSR count). The second-order valence-electron chi connectivity index (χ2n) is 4.62. The Bertz CT molecular complexity index is 585. The zero-order valence-electron chi connectivity index (χ0n) is 10.0. The van der Waals surface area contributed by atoms with Gasteiger partial charge in [-0.2, -0.15) is 0 Å². The van der Waals surface area contributed by atoms with Crippen LogP contribution in [0.2, 0.25) is 0 Å². The van der Waals surface area contributed by atoms with Crippen LogP contribution in [0, 0.1) is 11.6 Å². The third-order valence-electron chi connectivity index (χ3n) is 3.14. The van der Waals surface area contributed by atoms with Gasteiger partial charge < -0.3 is 9.88 Å². The van der Waals surface area contributed by atoms with Gasteiger partial charge in [-0.3, -0.25) is 0 Å². The molecule has 0 unspecified atom stereocenters. The number of anilines is 1. The molecule has 1 aliphatic carbocycles. The Balaban J connectivity index is 1.77. The highest BCUT2D eigenvalue weighted by atomic mass is 79.9. The number of imidazole rings is 1. The largest absolute Gasteiger partial charge is 0.375 e. The Morgan fingerprint density at radius 3 is 2.63 bits per heavy atom. The first-order chi connectivity index (χ1) is 9.15. The summed E-state index contributed by atoms with van der Waals surface area (Å²) in [6, 6.07) is 2.98. The van der Waals surface area contributed by atoms with Gasteiger partial charge in [0.2, 0.25) is 0 Å². The fourth-order valence-corrected chi connectivity index (χ4v) is 2.44. The summed E-state index contributed by atoms with van der Waals surface area (Å²) in [5.74, 6) is -1.21. The number of aromatic nitrogens is 2. The van der Waals surface area contributed by atoms with Crippen LogP contribution in [0.4, 0.5) is 14.5 Å². The number of nitrogens with one attached hydrogen (secondary N) is 1. The molecule has 1 N–H and O–H groups in total. The van der Waals surface area contributed by atoms with Crippen molar-refractivity contribution in [2.45, 2.75) is 25.4 Å². The van der Waals surface area contributed by atoms with Gasteiger partial charge in [-0.25, -0.2) is 13.8 Å². The zero-order chi connectivity index (χ0) is 13.4. The van der Waals surface area contributed by atoms with Crippen LogP contribution in [-0.2, 0) is 6.54 Å². The number of halogens is 3. The monoisotopic (exact) mass is 327 g/mol. The van der Waals surface area contributed by atoms with Crippen LogP contribution in [-0.4, -0.2) is 9.55 Å². The summed E-state index contributed by atoms with van der Waals surface area (Å²) in [6.45, 7) is 0.353. The van der Waals surface area contributed by atoms with Gasteiger partial charge in [0.05, 0.1) is 18.6 Å². The van der Waals surface area contributed by atoms with Crippen molar-refractivity contribution < 1.29 is 8.78 Å². The molecule has 0 aliphatic heterocycles. The van der Waals surface area contributed by atoms with Crippen molar-refractivity contribution in [3.8, 4) is 0 Å². The minimum absolute atomic E-state index is 0.105. The topological polar surface area (TPSA) is 29.9 Å². The first-order valence-electron chi connectivity index (χ1n) is 6.04. The van der Waals surface area contributed by atoms with E-state index in [2.05, 4.69) is 30.8 Å². The number of rotatable bonds is 4. The standard InChI is InChI=1S/C13H12BrF2N3/c14-8-3-11(15)13(12(16)4-8)18-6-10-5-17-7-19(10)9-1-2-9/h3-5,7,9,18H,1-2,6H2. The summed E-state index contributed by atoms with van der Waals surface area (Å²) < 4.78 is 29.8. The summed E-state index contributed by atoms with van der Waals surface area (Å²) in [6.07, 6.45) is 5.78. The fraction of sp³-hybridized carbons (Fsp3) is 0.308. The van der Waals surface area contributed by atoms with Gasteiger partial charge in [-0.05, 0) is 25.0 Å². The van der Waals surface area contributed by atoms with Crippen LogP contribution in [0.25, 0.3) is 0 Å². The fourth-order valence-electron chi connectivity index (χ4n) is 2.04. The maximum atomic E-state index is 13.7. The Labute approximate surface area is 117 Å². The van der Waals surface area contributed by atoms with Gasteiger partial charge in [-0.1, -0.05) is 15.9 Å². The normalized spacial score (nSPS) is 14.7. The Hall–Kier alpha value is -1.43. The molecule has 0 atom stereocenters. The quantitative estimate of drug-likeness (QED) is 0.923. The van der Waals surface area contributed by atoms with E-state index in [1.54, 1.807) is 12.5 Å². The SMILES string of the molecule is Fc1cc(Br)cc(F)c1NCc1cncn1C1CC1. The highest BCUT2D eigenvalue weighted by Gasteiger charge is 2.25. The number of nitrogens with zero attached hydrogens (tertiary/aromatic N) is 2. The van der Waals surface area contributed by atoms with E-state index in [1.807, 2.05) is 0 Å². The minimum atomic E-state index is -0.607. The molecule has 1 heterocycles. The first-order valence-corrected chi connectivity index (χ1v) is 6.83. The molecule has 0 saturated heterocycles. The van der Waals surface area contributed by atoms with Crippen molar-refractivity contribution in [3.63, 3.8) is 0 Å². The van der Waals surface area contributed by atoms with Crippen LogP contribution < -0.4 is 5.32 Å². The second-order valence-corrected chi connectivity index (χ2v) is 5.54. The van der Waals surface area contributed by atoms with Crippen LogP contribution in [0.3, 0.4) is 0 Å². The maximum absolute atomic E-state index is 13.7. The van der Waals surface area contributed by atoms with Gasteiger partial charge in [0, 0.05) is 16.7 Å². The minimum Gasteiger partial charge on any atom is -0.375 e. The van der Waals surface area contributed by atoms with E-state index in [9.17, 15) is 8.78 Å². The molecule has 19 heavy (non-hydrogen) atoms. The number of hydrogen-bond acceptors (Lipinski definition) is 2. The lowest BCUT2D eigenvalue weighted by Gasteiger charge is -2.11. The first kappa shape index (κ1) is 12.6. The molecule has 1 fully saturated rings. The molecule has 6 heteroatoms. The second kappa shape index (κ2) is 4.92. The van der Waals surface area contributed by atoms with Crippen molar-refractivity contribution >= 4 is 21.6 Å². The molecule has 1 aliphatic rings. The number of hydrogen-bond donors (Lipinski definition) is 1. The molecule has 3 nitrogen and oxygen atoms in total. The highest BCUT2D eigenvalue weighted by Crippen LogP contribution is 2.35. The van der Waals surface area contributed by atoms with E-state index in [0.29, 0.717) is 17.1 Å². The molecule has 1 aromatic heterocycles. The molecule has 0 radical (unpaired) electrons. The lowest BCUT2D eigenvalue weighted by atomic mass is 10.3. The lowest BCUT2D eigenvalue weighted by molar-refractivity contribution is 0.585. The average Bonchev–Trinajstić information content (AvgIpc) is 3.08. The summed E-state index contributed by atoms with van der Waals surface area (Å²) in [5.41, 5.74) is 0.830. The van der Waals surface area contributed by atoms with Gasteiger partial charge in [-0.15, -0.1) is 0 Å². The molecular weight excluding hydrogens is 316 g/mol. The van der Waals surface area contributed by atoms with Crippen molar-refractivity contribution in [3.05, 3.63) is 46.5 Å². The molecule has 0 bridgehead atoms. The van der Waals surface area contributed by atoms with E-state index in [-0.39, 0.29) is 5.69 Å². The van der Waals surface area contributed by atoms with E-state index in [1.165, 1.54) is 12.1 Å². The third-order valence-corrected chi connectivity index (χ3v) is 3.60. The molecule has 100 valence electrons. The van der Waals surface area contributed by atoms with E-state index in [4.69, 9.17) is 0 Å². The van der Waals surface area contributed by atoms with Crippen LogP contribution in [0.15, 0.2) is 29.1 Å². The molecule has 0 spiro atoms. The van der Waals surface area contributed by atoms with Crippen molar-refractivity contribution in [1.29, 1.82) is 0 Å². The summed E-state index contributed by atoms with van der Waals surface area (Å²) >= 11 is 3.05. The Morgan fingerprint density at radius 1 is 1.32 bits per heavy atom. The summed E-state index contributed by atoms with van der Waals surface area (Å²) in [7, 11) is 0. The van der Waals surface area contributed by atoms with Crippen molar-refractivity contribution in [1.82, 2.24) is 9.55 Å². The maximum Gasteiger partial charge on any atom is 0.150 e. The third kappa shape index (κ3) is 2.63. The van der Waals surface area contributed by atoms with E-state index in [0.717, 1.165) is 18.5 Å². The molecule has 2 aromatic rings. The van der Waals surface area contributed by atoms with Crippen molar-refractivity contribution in [2.24, 2.45) is 0 Å². The molecule has 1 saturated carbocycles. The Kier molecular flexibility index (Phi) is 3.26. The molecule has 1 aromatic carbocycles. The average molecular weight is 328 g/mol. The van der Waals surface area contributed by atoms with Crippen LogP contribution >= 0.6 is 15.9 Å². The van der Waals surface area contributed by atoms with Crippen LogP contribution in [0.1, 0.15) is 24.6 Å². The van der Waals surface area contributed by atoms with Gasteiger partial charge >= 0.3 is 0 Å². The van der Waals surface area contributed by atoms with Crippen molar-refractivity contribution in [2.75, 3.05) is 5.32 Å². The van der Waals surface area contributed by atoms with E-state index < -0.39 is 11.6 Å². The molecular formula is C13H12BrF2N3. The molecule has 0 amide bonds. The van der Waals surface area contributed by atoms with Gasteiger partial charge in [0.25, 0.3) is 0 Å². The summed E-state index contributed by atoms with van der Waals surface area (Å²) in [5, 5.41) is 2.80. The van der Waals surface area contributed by atoms with Gasteiger partial charge in [0.1, 0.15) is 17.3 Å². The summed E-state index contributed by atoms with van der Waals surface area (Å²) in [4.78, 5) is 4.08. The number of benzene rings is 1.